The summed E-state index contributed by atoms with van der Waals surface area (Å²) in [6.07, 6.45) is 1.48. The number of carbonyl (C=O) groups is 2. The van der Waals surface area contributed by atoms with Crippen molar-refractivity contribution in [2.75, 3.05) is 26.7 Å². The molecular formula is C15H19FN2O2. The Bertz CT molecular complexity index is 496. The minimum atomic E-state index is -0.474. The Kier molecular flexibility index (Phi) is 4.84. The van der Waals surface area contributed by atoms with Crippen LogP contribution >= 0.6 is 0 Å². The Morgan fingerprint density at radius 3 is 2.55 bits per heavy atom. The first-order valence-electron chi connectivity index (χ1n) is 6.83. The van der Waals surface area contributed by atoms with Crippen molar-refractivity contribution in [3.05, 3.63) is 35.6 Å². The van der Waals surface area contributed by atoms with Crippen LogP contribution in [0.1, 0.15) is 23.2 Å². The number of rotatable bonds is 4. The van der Waals surface area contributed by atoms with E-state index in [1.54, 1.807) is 19.2 Å². The summed E-state index contributed by atoms with van der Waals surface area (Å²) in [7, 11) is 1.64. The number of ketones is 1. The lowest BCUT2D eigenvalue weighted by atomic mass is 9.95. The molecule has 1 amide bonds. The first-order chi connectivity index (χ1) is 9.61. The molecule has 20 heavy (non-hydrogen) atoms. The zero-order chi connectivity index (χ0) is 14.5. The lowest BCUT2D eigenvalue weighted by molar-refractivity contribution is -0.125. The predicted molar refractivity (Wildman–Crippen MR) is 74.0 cm³/mol. The Hall–Kier alpha value is -1.75. The smallest absolute Gasteiger partial charge is 0.222 e. The minimum absolute atomic E-state index is 0.0276. The van der Waals surface area contributed by atoms with Crippen LogP contribution < -0.4 is 5.32 Å². The number of benzene rings is 1. The summed E-state index contributed by atoms with van der Waals surface area (Å²) in [5, 5.41) is 2.65. The van der Waals surface area contributed by atoms with E-state index >= 15 is 0 Å². The number of hydrogen-bond acceptors (Lipinski definition) is 3. The van der Waals surface area contributed by atoms with Crippen LogP contribution in [0.2, 0.25) is 0 Å². The molecule has 1 saturated heterocycles. The molecule has 1 heterocycles. The van der Waals surface area contributed by atoms with Gasteiger partial charge < -0.3 is 5.32 Å². The van der Waals surface area contributed by atoms with Gasteiger partial charge in [-0.3, -0.25) is 14.5 Å². The molecule has 0 aliphatic carbocycles. The van der Waals surface area contributed by atoms with E-state index in [1.807, 2.05) is 4.90 Å². The molecule has 0 spiro atoms. The highest BCUT2D eigenvalue weighted by molar-refractivity contribution is 5.97. The van der Waals surface area contributed by atoms with Gasteiger partial charge in [0, 0.05) is 13.0 Å². The summed E-state index contributed by atoms with van der Waals surface area (Å²) >= 11 is 0. The third kappa shape index (κ3) is 3.42. The van der Waals surface area contributed by atoms with E-state index in [0.717, 1.165) is 12.8 Å². The maximum atomic E-state index is 13.5. The zero-order valence-electron chi connectivity index (χ0n) is 11.6. The molecule has 1 fully saturated rings. The number of hydrogen-bond donors (Lipinski definition) is 1. The van der Waals surface area contributed by atoms with Crippen molar-refractivity contribution >= 4 is 11.7 Å². The predicted octanol–water partition coefficient (Wildman–Crippen LogP) is 1.47. The molecule has 0 unspecified atom stereocenters. The van der Waals surface area contributed by atoms with Crippen molar-refractivity contribution in [1.82, 2.24) is 10.2 Å². The fraction of sp³-hybridized carbons (Fsp3) is 0.467. The molecule has 0 radical (unpaired) electrons. The van der Waals surface area contributed by atoms with Crippen molar-refractivity contribution in [3.63, 3.8) is 0 Å². The second-order valence-electron chi connectivity index (χ2n) is 5.07. The van der Waals surface area contributed by atoms with Crippen molar-refractivity contribution in [2.24, 2.45) is 5.92 Å². The van der Waals surface area contributed by atoms with E-state index in [9.17, 15) is 14.0 Å². The molecule has 5 heteroatoms. The molecule has 1 N–H and O–H groups in total. The minimum Gasteiger partial charge on any atom is -0.359 e. The van der Waals surface area contributed by atoms with Crippen molar-refractivity contribution in [2.45, 2.75) is 12.8 Å². The first kappa shape index (κ1) is 14.7. The standard InChI is InChI=1S/C15H19FN2O2/c1-17-15(20)11-6-8-18(9-7-11)10-14(19)12-4-2-3-5-13(12)16/h2-5,11H,6-10H2,1H3,(H,17,20). The van der Waals surface area contributed by atoms with Gasteiger partial charge in [-0.05, 0) is 38.1 Å². The molecule has 1 aliphatic rings. The molecule has 1 aliphatic heterocycles. The van der Waals surface area contributed by atoms with Gasteiger partial charge in [0.25, 0.3) is 0 Å². The summed E-state index contributed by atoms with van der Waals surface area (Å²) < 4.78 is 13.5. The third-order valence-corrected chi connectivity index (χ3v) is 3.75. The Labute approximate surface area is 118 Å². The summed E-state index contributed by atoms with van der Waals surface area (Å²) in [6, 6.07) is 6.04. The van der Waals surface area contributed by atoms with Crippen LogP contribution in [0.5, 0.6) is 0 Å². The number of piperidine rings is 1. The maximum Gasteiger partial charge on any atom is 0.222 e. The molecular weight excluding hydrogens is 259 g/mol. The van der Waals surface area contributed by atoms with Gasteiger partial charge in [0.15, 0.2) is 5.78 Å². The number of nitrogens with one attached hydrogen (secondary N) is 1. The summed E-state index contributed by atoms with van der Waals surface area (Å²) in [4.78, 5) is 25.5. The van der Waals surface area contributed by atoms with E-state index in [2.05, 4.69) is 5.32 Å². The first-order valence-corrected chi connectivity index (χ1v) is 6.83. The number of nitrogens with zero attached hydrogens (tertiary/aromatic N) is 1. The highest BCUT2D eigenvalue weighted by atomic mass is 19.1. The van der Waals surface area contributed by atoms with Crippen LogP contribution in [0.4, 0.5) is 4.39 Å². The molecule has 108 valence electrons. The van der Waals surface area contributed by atoms with Crippen LogP contribution in [-0.2, 0) is 4.79 Å². The van der Waals surface area contributed by atoms with E-state index in [-0.39, 0.29) is 29.7 Å². The van der Waals surface area contributed by atoms with Gasteiger partial charge in [-0.15, -0.1) is 0 Å². The molecule has 0 saturated carbocycles. The fourth-order valence-electron chi connectivity index (χ4n) is 2.53. The monoisotopic (exact) mass is 278 g/mol. The van der Waals surface area contributed by atoms with Gasteiger partial charge in [-0.2, -0.15) is 0 Å². The van der Waals surface area contributed by atoms with Crippen LogP contribution in [0.15, 0.2) is 24.3 Å². The lowest BCUT2D eigenvalue weighted by Crippen LogP contribution is -2.41. The highest BCUT2D eigenvalue weighted by Gasteiger charge is 2.25. The van der Waals surface area contributed by atoms with E-state index in [4.69, 9.17) is 0 Å². The summed E-state index contributed by atoms with van der Waals surface area (Å²) in [5.41, 5.74) is 0.140. The number of amides is 1. The average Bonchev–Trinajstić information content (AvgIpc) is 2.47. The molecule has 2 rings (SSSR count). The van der Waals surface area contributed by atoms with Gasteiger partial charge in [-0.1, -0.05) is 12.1 Å². The van der Waals surface area contributed by atoms with Crippen molar-refractivity contribution in [3.8, 4) is 0 Å². The topological polar surface area (TPSA) is 49.4 Å². The summed E-state index contributed by atoms with van der Waals surface area (Å²) in [5.74, 6) is -0.593. The van der Waals surface area contributed by atoms with E-state index < -0.39 is 5.82 Å². The number of carbonyl (C=O) groups excluding carboxylic acids is 2. The largest absolute Gasteiger partial charge is 0.359 e. The number of Topliss-reactive ketones (excluding diaryl/α,β-unsaturated/α-hetero) is 1. The van der Waals surface area contributed by atoms with Crippen LogP contribution in [0.3, 0.4) is 0 Å². The van der Waals surface area contributed by atoms with Gasteiger partial charge in [0.2, 0.25) is 5.91 Å². The van der Waals surface area contributed by atoms with Crippen LogP contribution in [-0.4, -0.2) is 43.3 Å². The average molecular weight is 278 g/mol. The van der Waals surface area contributed by atoms with Crippen molar-refractivity contribution in [1.29, 1.82) is 0 Å². The maximum absolute atomic E-state index is 13.5. The van der Waals surface area contributed by atoms with Gasteiger partial charge in [-0.25, -0.2) is 4.39 Å². The van der Waals surface area contributed by atoms with Gasteiger partial charge in [0.05, 0.1) is 12.1 Å². The van der Waals surface area contributed by atoms with E-state index in [1.165, 1.54) is 12.1 Å². The molecule has 0 aromatic heterocycles. The highest BCUT2D eigenvalue weighted by Crippen LogP contribution is 2.18. The Morgan fingerprint density at radius 2 is 1.95 bits per heavy atom. The van der Waals surface area contributed by atoms with Gasteiger partial charge in [0.1, 0.15) is 5.82 Å². The zero-order valence-corrected chi connectivity index (χ0v) is 11.6. The van der Waals surface area contributed by atoms with E-state index in [0.29, 0.717) is 13.1 Å². The summed E-state index contributed by atoms with van der Waals surface area (Å²) in [6.45, 7) is 1.60. The molecule has 0 atom stereocenters. The van der Waals surface area contributed by atoms with Crippen molar-refractivity contribution < 1.29 is 14.0 Å². The second kappa shape index (κ2) is 6.61. The second-order valence-corrected chi connectivity index (χ2v) is 5.07. The molecule has 0 bridgehead atoms. The quantitative estimate of drug-likeness (QED) is 0.848. The Balaban J connectivity index is 1.88. The SMILES string of the molecule is CNC(=O)C1CCN(CC(=O)c2ccccc2F)CC1. The molecule has 4 nitrogen and oxygen atoms in total. The van der Waals surface area contributed by atoms with Gasteiger partial charge >= 0.3 is 0 Å². The van der Waals surface area contributed by atoms with Crippen LogP contribution in [0.25, 0.3) is 0 Å². The number of halogens is 1. The third-order valence-electron chi connectivity index (χ3n) is 3.75. The fourth-order valence-corrected chi connectivity index (χ4v) is 2.53. The van der Waals surface area contributed by atoms with Crippen LogP contribution in [0, 0.1) is 11.7 Å². The normalized spacial score (nSPS) is 16.9. The molecule has 1 aromatic carbocycles. The number of likely N-dealkylation sites (tertiary alicyclic amines) is 1. The lowest BCUT2D eigenvalue weighted by Gasteiger charge is -2.30. The molecule has 1 aromatic rings. The Morgan fingerprint density at radius 1 is 1.30 bits per heavy atom.